The van der Waals surface area contributed by atoms with Crippen LogP contribution in [0.4, 0.5) is 0 Å². The predicted octanol–water partition coefficient (Wildman–Crippen LogP) is 3.62. The van der Waals surface area contributed by atoms with Gasteiger partial charge in [-0.15, -0.1) is 0 Å². The van der Waals surface area contributed by atoms with Gasteiger partial charge >= 0.3 is 0 Å². The van der Waals surface area contributed by atoms with Gasteiger partial charge in [0.05, 0.1) is 0 Å². The molecule has 1 amide bonds. The molecule has 1 aromatic carbocycles. The zero-order valence-corrected chi connectivity index (χ0v) is 11.3. The van der Waals surface area contributed by atoms with Gasteiger partial charge in [0.25, 0.3) is 0 Å². The Morgan fingerprint density at radius 1 is 1.29 bits per heavy atom. The lowest BCUT2D eigenvalue weighted by Gasteiger charge is -2.08. The van der Waals surface area contributed by atoms with E-state index in [9.17, 15) is 4.79 Å². The summed E-state index contributed by atoms with van der Waals surface area (Å²) in [6, 6.07) is 5.67. The molecular formula is C13H15Cl2NO. The Bertz CT molecular complexity index is 425. The number of carbonyl (C=O) groups excluding carboxylic acids is 1. The molecule has 0 heterocycles. The number of amides is 1. The summed E-state index contributed by atoms with van der Waals surface area (Å²) in [4.78, 5) is 11.8. The fraction of sp³-hybridized carbons (Fsp3) is 0.462. The SMILES string of the molecule is CC(C)NC(=O)[C@@H]1C[C@H]1c1cc(Cl)cc(Cl)c1. The Balaban J connectivity index is 2.05. The lowest BCUT2D eigenvalue weighted by Crippen LogP contribution is -2.31. The van der Waals surface area contributed by atoms with E-state index in [1.807, 2.05) is 26.0 Å². The molecule has 0 radical (unpaired) electrons. The van der Waals surface area contributed by atoms with Crippen molar-refractivity contribution in [1.82, 2.24) is 5.32 Å². The van der Waals surface area contributed by atoms with Crippen molar-refractivity contribution in [2.24, 2.45) is 5.92 Å². The maximum atomic E-state index is 11.8. The molecule has 17 heavy (non-hydrogen) atoms. The molecule has 0 aromatic heterocycles. The summed E-state index contributed by atoms with van der Waals surface area (Å²) in [5, 5.41) is 4.18. The second-order valence-electron chi connectivity index (χ2n) is 4.81. The van der Waals surface area contributed by atoms with Crippen molar-refractivity contribution < 1.29 is 4.79 Å². The first-order valence-electron chi connectivity index (χ1n) is 5.73. The summed E-state index contributed by atoms with van der Waals surface area (Å²) in [5.74, 6) is 0.470. The molecule has 1 fully saturated rings. The monoisotopic (exact) mass is 271 g/mol. The number of halogens is 2. The van der Waals surface area contributed by atoms with Crippen molar-refractivity contribution in [1.29, 1.82) is 0 Å². The van der Waals surface area contributed by atoms with Crippen molar-refractivity contribution in [3.63, 3.8) is 0 Å². The van der Waals surface area contributed by atoms with E-state index in [1.165, 1.54) is 0 Å². The average Bonchev–Trinajstić information content (AvgIpc) is 2.93. The summed E-state index contributed by atoms with van der Waals surface area (Å²) < 4.78 is 0. The van der Waals surface area contributed by atoms with Crippen LogP contribution in [0.2, 0.25) is 10.0 Å². The van der Waals surface area contributed by atoms with E-state index in [4.69, 9.17) is 23.2 Å². The quantitative estimate of drug-likeness (QED) is 0.894. The lowest BCUT2D eigenvalue weighted by molar-refractivity contribution is -0.122. The van der Waals surface area contributed by atoms with E-state index >= 15 is 0 Å². The van der Waals surface area contributed by atoms with Crippen molar-refractivity contribution >= 4 is 29.1 Å². The number of hydrogen-bond donors (Lipinski definition) is 1. The fourth-order valence-corrected chi connectivity index (χ4v) is 2.58. The second-order valence-corrected chi connectivity index (χ2v) is 5.69. The van der Waals surface area contributed by atoms with Gasteiger partial charge in [0.1, 0.15) is 0 Å². The van der Waals surface area contributed by atoms with Gasteiger partial charge in [-0.05, 0) is 49.9 Å². The lowest BCUT2D eigenvalue weighted by atomic mass is 10.1. The van der Waals surface area contributed by atoms with Crippen LogP contribution in [-0.4, -0.2) is 11.9 Å². The zero-order chi connectivity index (χ0) is 12.6. The fourth-order valence-electron chi connectivity index (χ4n) is 2.03. The Morgan fingerprint density at radius 3 is 2.41 bits per heavy atom. The molecule has 1 aromatic rings. The molecule has 1 N–H and O–H groups in total. The van der Waals surface area contributed by atoms with E-state index in [0.29, 0.717) is 10.0 Å². The average molecular weight is 272 g/mol. The summed E-state index contributed by atoms with van der Waals surface area (Å²) in [6.07, 6.45) is 0.884. The molecule has 0 unspecified atom stereocenters. The summed E-state index contributed by atoms with van der Waals surface area (Å²) in [7, 11) is 0. The zero-order valence-electron chi connectivity index (χ0n) is 9.84. The normalized spacial score (nSPS) is 22.6. The van der Waals surface area contributed by atoms with Gasteiger partial charge in [0.2, 0.25) is 5.91 Å². The van der Waals surface area contributed by atoms with Gasteiger partial charge in [-0.3, -0.25) is 4.79 Å². The van der Waals surface area contributed by atoms with Gasteiger partial charge < -0.3 is 5.32 Å². The molecule has 4 heteroatoms. The summed E-state index contributed by atoms with van der Waals surface area (Å²) in [5.41, 5.74) is 1.06. The van der Waals surface area contributed by atoms with Gasteiger partial charge in [0, 0.05) is 22.0 Å². The third-order valence-electron chi connectivity index (χ3n) is 2.87. The highest BCUT2D eigenvalue weighted by molar-refractivity contribution is 6.34. The Morgan fingerprint density at radius 2 is 1.88 bits per heavy atom. The van der Waals surface area contributed by atoms with Crippen molar-refractivity contribution in [3.8, 4) is 0 Å². The Kier molecular flexibility index (Phi) is 3.64. The van der Waals surface area contributed by atoms with E-state index in [-0.39, 0.29) is 23.8 Å². The predicted molar refractivity (Wildman–Crippen MR) is 70.6 cm³/mol. The van der Waals surface area contributed by atoms with Crippen molar-refractivity contribution in [3.05, 3.63) is 33.8 Å². The maximum Gasteiger partial charge on any atom is 0.223 e. The smallest absolute Gasteiger partial charge is 0.223 e. The molecule has 0 saturated heterocycles. The van der Waals surface area contributed by atoms with Crippen molar-refractivity contribution in [2.75, 3.05) is 0 Å². The maximum absolute atomic E-state index is 11.8. The van der Waals surface area contributed by atoms with Crippen LogP contribution in [0.1, 0.15) is 31.7 Å². The standard InChI is InChI=1S/C13H15Cl2NO/c1-7(2)16-13(17)12-6-11(12)8-3-9(14)5-10(15)4-8/h3-5,7,11-12H,6H2,1-2H3,(H,16,17)/t11-,12+/m0/s1. The molecule has 2 rings (SSSR count). The molecule has 92 valence electrons. The van der Waals surface area contributed by atoms with Crippen LogP contribution in [0.5, 0.6) is 0 Å². The largest absolute Gasteiger partial charge is 0.354 e. The molecule has 2 nitrogen and oxygen atoms in total. The van der Waals surface area contributed by atoms with E-state index in [0.717, 1.165) is 12.0 Å². The highest BCUT2D eigenvalue weighted by Crippen LogP contribution is 2.48. The van der Waals surface area contributed by atoms with Gasteiger partial charge in [0.15, 0.2) is 0 Å². The molecule has 2 atom stereocenters. The minimum atomic E-state index is 0.0759. The van der Waals surface area contributed by atoms with Gasteiger partial charge in [-0.25, -0.2) is 0 Å². The topological polar surface area (TPSA) is 29.1 Å². The number of rotatable bonds is 3. The number of benzene rings is 1. The van der Waals surface area contributed by atoms with Crippen LogP contribution in [0.15, 0.2) is 18.2 Å². The van der Waals surface area contributed by atoms with Gasteiger partial charge in [-0.1, -0.05) is 23.2 Å². The highest BCUT2D eigenvalue weighted by Gasteiger charge is 2.44. The van der Waals surface area contributed by atoms with E-state index in [1.54, 1.807) is 6.07 Å². The number of carbonyl (C=O) groups is 1. The van der Waals surface area contributed by atoms with Crippen LogP contribution >= 0.6 is 23.2 Å². The van der Waals surface area contributed by atoms with Crippen molar-refractivity contribution in [2.45, 2.75) is 32.2 Å². The third kappa shape index (κ3) is 3.14. The molecule has 1 aliphatic carbocycles. The highest BCUT2D eigenvalue weighted by atomic mass is 35.5. The van der Waals surface area contributed by atoms with E-state index in [2.05, 4.69) is 5.32 Å². The van der Waals surface area contributed by atoms with Crippen LogP contribution in [0.3, 0.4) is 0 Å². The molecule has 0 bridgehead atoms. The Labute approximate surface area is 111 Å². The number of nitrogens with one attached hydrogen (secondary N) is 1. The van der Waals surface area contributed by atoms with Gasteiger partial charge in [-0.2, -0.15) is 0 Å². The third-order valence-corrected chi connectivity index (χ3v) is 3.31. The van der Waals surface area contributed by atoms with Crippen LogP contribution in [-0.2, 0) is 4.79 Å². The summed E-state index contributed by atoms with van der Waals surface area (Å²) >= 11 is 11.9. The number of hydrogen-bond acceptors (Lipinski definition) is 1. The van der Waals surface area contributed by atoms with Crippen LogP contribution in [0, 0.1) is 5.92 Å². The molecule has 1 saturated carbocycles. The molecule has 0 spiro atoms. The second kappa shape index (κ2) is 4.87. The first-order chi connectivity index (χ1) is 7.97. The molecular weight excluding hydrogens is 257 g/mol. The van der Waals surface area contributed by atoms with Crippen LogP contribution < -0.4 is 5.32 Å². The van der Waals surface area contributed by atoms with Crippen LogP contribution in [0.25, 0.3) is 0 Å². The molecule has 0 aliphatic heterocycles. The first kappa shape index (κ1) is 12.7. The molecule has 1 aliphatic rings. The minimum Gasteiger partial charge on any atom is -0.354 e. The summed E-state index contributed by atoms with van der Waals surface area (Å²) in [6.45, 7) is 3.93. The van der Waals surface area contributed by atoms with E-state index < -0.39 is 0 Å². The minimum absolute atomic E-state index is 0.0759. The first-order valence-corrected chi connectivity index (χ1v) is 6.49. The Hall–Kier alpha value is -0.730.